The smallest absolute Gasteiger partial charge is 0.206 e. The Balaban J connectivity index is 1.44. The lowest BCUT2D eigenvalue weighted by atomic mass is 10.0. The minimum absolute atomic E-state index is 0.0109. The number of rotatable bonds is 6. The lowest BCUT2D eigenvalue weighted by Gasteiger charge is -2.09. The van der Waals surface area contributed by atoms with Crippen LogP contribution in [-0.2, 0) is 16.3 Å². The molecule has 4 rings (SSSR count). The monoisotopic (exact) mass is 432 g/mol. The summed E-state index contributed by atoms with van der Waals surface area (Å²) in [7, 11) is -3.67. The van der Waals surface area contributed by atoms with Crippen molar-refractivity contribution in [3.8, 4) is 23.0 Å². The third-order valence-electron chi connectivity index (χ3n) is 4.78. The van der Waals surface area contributed by atoms with Gasteiger partial charge < -0.3 is 14.9 Å². The Bertz CT molecular complexity index is 1260. The van der Waals surface area contributed by atoms with Gasteiger partial charge in [-0.15, -0.1) is 0 Å². The zero-order valence-corrected chi connectivity index (χ0v) is 17.3. The predicted octanol–water partition coefficient (Wildman–Crippen LogP) is 5.31. The average Bonchev–Trinajstić information content (AvgIpc) is 2.77. The minimum atomic E-state index is -3.67. The molecule has 0 spiro atoms. The van der Waals surface area contributed by atoms with Gasteiger partial charge in [0.05, 0.1) is 9.79 Å². The van der Waals surface area contributed by atoms with Crippen LogP contribution in [-0.4, -0.2) is 18.6 Å². The number of aromatic hydroxyl groups is 2. The highest BCUT2D eigenvalue weighted by Crippen LogP contribution is 2.27. The SMILES string of the molecule is O=S(=O)(c1ccc(O)cc1)c1ccc(Oc2ccc(Cc3ccc(O)cc3)cc2)cc1. The molecular weight excluding hydrogens is 412 g/mol. The fraction of sp³-hybridized carbons (Fsp3) is 0.0400. The number of phenols is 2. The Morgan fingerprint density at radius 2 is 0.903 bits per heavy atom. The molecule has 0 aliphatic heterocycles. The van der Waals surface area contributed by atoms with Crippen molar-refractivity contribution in [2.24, 2.45) is 0 Å². The van der Waals surface area contributed by atoms with Crippen LogP contribution in [0, 0.1) is 0 Å². The summed E-state index contributed by atoms with van der Waals surface area (Å²) < 4.78 is 31.2. The van der Waals surface area contributed by atoms with Crippen LogP contribution in [0.5, 0.6) is 23.0 Å². The van der Waals surface area contributed by atoms with Crippen LogP contribution >= 0.6 is 0 Å². The Morgan fingerprint density at radius 3 is 1.39 bits per heavy atom. The molecule has 0 amide bonds. The summed E-state index contributed by atoms with van der Waals surface area (Å²) in [6.45, 7) is 0. The zero-order chi connectivity index (χ0) is 21.8. The van der Waals surface area contributed by atoms with Gasteiger partial charge in [0, 0.05) is 0 Å². The molecule has 5 nitrogen and oxygen atoms in total. The molecule has 0 heterocycles. The summed E-state index contributed by atoms with van der Waals surface area (Å²) in [6, 6.07) is 26.4. The number of hydrogen-bond acceptors (Lipinski definition) is 5. The van der Waals surface area contributed by atoms with E-state index >= 15 is 0 Å². The fourth-order valence-corrected chi connectivity index (χ4v) is 4.37. The molecule has 0 atom stereocenters. The van der Waals surface area contributed by atoms with Crippen molar-refractivity contribution in [3.05, 3.63) is 108 Å². The second kappa shape index (κ2) is 8.53. The summed E-state index contributed by atoms with van der Waals surface area (Å²) >= 11 is 0. The van der Waals surface area contributed by atoms with Gasteiger partial charge in [-0.1, -0.05) is 24.3 Å². The number of sulfone groups is 1. The lowest BCUT2D eigenvalue weighted by molar-refractivity contribution is 0.474. The summed E-state index contributed by atoms with van der Waals surface area (Å²) in [5.74, 6) is 1.42. The Kier molecular flexibility index (Phi) is 5.64. The Labute approximate surface area is 180 Å². The van der Waals surface area contributed by atoms with E-state index in [2.05, 4.69) is 0 Å². The topological polar surface area (TPSA) is 83.8 Å². The van der Waals surface area contributed by atoms with E-state index in [4.69, 9.17) is 4.74 Å². The molecule has 2 N–H and O–H groups in total. The summed E-state index contributed by atoms with van der Waals surface area (Å²) in [6.07, 6.45) is 0.740. The first kappa shape index (κ1) is 20.5. The molecule has 0 unspecified atom stereocenters. The third kappa shape index (κ3) is 4.87. The van der Waals surface area contributed by atoms with E-state index in [9.17, 15) is 18.6 Å². The average molecular weight is 432 g/mol. The van der Waals surface area contributed by atoms with Gasteiger partial charge in [0.1, 0.15) is 23.0 Å². The predicted molar refractivity (Wildman–Crippen MR) is 117 cm³/mol. The normalized spacial score (nSPS) is 11.2. The van der Waals surface area contributed by atoms with Crippen LogP contribution < -0.4 is 4.74 Å². The highest BCUT2D eigenvalue weighted by Gasteiger charge is 2.17. The van der Waals surface area contributed by atoms with Crippen molar-refractivity contribution >= 4 is 9.84 Å². The van der Waals surface area contributed by atoms with E-state index in [1.54, 1.807) is 24.3 Å². The van der Waals surface area contributed by atoms with Gasteiger partial charge in [0.15, 0.2) is 0 Å². The molecule has 0 aromatic heterocycles. The Morgan fingerprint density at radius 1 is 0.548 bits per heavy atom. The maximum absolute atomic E-state index is 12.7. The lowest BCUT2D eigenvalue weighted by Crippen LogP contribution is -2.01. The van der Waals surface area contributed by atoms with Crippen molar-refractivity contribution in [2.75, 3.05) is 0 Å². The molecule has 0 aliphatic carbocycles. The maximum Gasteiger partial charge on any atom is 0.206 e. The van der Waals surface area contributed by atoms with Crippen molar-refractivity contribution in [1.82, 2.24) is 0 Å². The van der Waals surface area contributed by atoms with E-state index in [1.807, 2.05) is 36.4 Å². The van der Waals surface area contributed by atoms with Crippen LogP contribution in [0.4, 0.5) is 0 Å². The maximum atomic E-state index is 12.7. The van der Waals surface area contributed by atoms with Crippen LogP contribution in [0.25, 0.3) is 0 Å². The van der Waals surface area contributed by atoms with E-state index < -0.39 is 9.84 Å². The molecule has 156 valence electrons. The molecule has 4 aromatic carbocycles. The molecular formula is C25H20O5S. The van der Waals surface area contributed by atoms with E-state index in [0.29, 0.717) is 11.5 Å². The number of phenolic OH excluding ortho intramolecular Hbond substituents is 2. The van der Waals surface area contributed by atoms with Gasteiger partial charge >= 0.3 is 0 Å². The van der Waals surface area contributed by atoms with Crippen LogP contribution in [0.3, 0.4) is 0 Å². The van der Waals surface area contributed by atoms with Gasteiger partial charge in [-0.3, -0.25) is 0 Å². The van der Waals surface area contributed by atoms with Gasteiger partial charge in [0.25, 0.3) is 0 Å². The van der Waals surface area contributed by atoms with E-state index in [1.165, 1.54) is 36.4 Å². The van der Waals surface area contributed by atoms with Gasteiger partial charge in [-0.25, -0.2) is 8.42 Å². The molecule has 4 aromatic rings. The van der Waals surface area contributed by atoms with Crippen LogP contribution in [0.1, 0.15) is 11.1 Å². The molecule has 0 bridgehead atoms. The zero-order valence-electron chi connectivity index (χ0n) is 16.5. The quantitative estimate of drug-likeness (QED) is 0.431. The second-order valence-electron chi connectivity index (χ2n) is 7.06. The number of hydrogen-bond donors (Lipinski definition) is 2. The second-order valence-corrected chi connectivity index (χ2v) is 9.01. The number of benzene rings is 4. The first-order chi connectivity index (χ1) is 14.9. The fourth-order valence-electron chi connectivity index (χ4n) is 3.11. The van der Waals surface area contributed by atoms with Crippen molar-refractivity contribution in [1.29, 1.82) is 0 Å². The van der Waals surface area contributed by atoms with E-state index in [-0.39, 0.29) is 21.3 Å². The Hall–Kier alpha value is -3.77. The molecule has 0 fully saturated rings. The molecule has 0 radical (unpaired) electrons. The minimum Gasteiger partial charge on any atom is -0.508 e. The highest BCUT2D eigenvalue weighted by molar-refractivity contribution is 7.91. The third-order valence-corrected chi connectivity index (χ3v) is 6.57. The van der Waals surface area contributed by atoms with Gasteiger partial charge in [0.2, 0.25) is 9.84 Å². The van der Waals surface area contributed by atoms with Crippen LogP contribution in [0.2, 0.25) is 0 Å². The first-order valence-electron chi connectivity index (χ1n) is 9.59. The summed E-state index contributed by atoms with van der Waals surface area (Å²) in [5, 5.41) is 18.7. The molecule has 31 heavy (non-hydrogen) atoms. The first-order valence-corrected chi connectivity index (χ1v) is 11.1. The van der Waals surface area contributed by atoms with Crippen LogP contribution in [0.15, 0.2) is 107 Å². The largest absolute Gasteiger partial charge is 0.508 e. The van der Waals surface area contributed by atoms with Crippen molar-refractivity contribution in [3.63, 3.8) is 0 Å². The van der Waals surface area contributed by atoms with E-state index in [0.717, 1.165) is 17.5 Å². The summed E-state index contributed by atoms with van der Waals surface area (Å²) in [4.78, 5) is 0.262. The number of ether oxygens (including phenoxy) is 1. The van der Waals surface area contributed by atoms with Gasteiger partial charge in [-0.05, 0) is 90.3 Å². The summed E-state index contributed by atoms with van der Waals surface area (Å²) in [5.41, 5.74) is 2.20. The standard InChI is InChI=1S/C25H20O5S/c26-20-5-1-18(2-6-20)17-19-3-9-22(10-4-19)30-23-11-15-25(16-12-23)31(28,29)24-13-7-21(27)8-14-24/h1-16,26-27H,17H2. The van der Waals surface area contributed by atoms with Crippen molar-refractivity contribution < 1.29 is 23.4 Å². The van der Waals surface area contributed by atoms with Gasteiger partial charge in [-0.2, -0.15) is 0 Å². The molecule has 6 heteroatoms. The molecule has 0 saturated carbocycles. The molecule has 0 saturated heterocycles. The van der Waals surface area contributed by atoms with Crippen molar-refractivity contribution in [2.45, 2.75) is 16.2 Å². The molecule has 0 aliphatic rings. The highest BCUT2D eigenvalue weighted by atomic mass is 32.2.